The minimum absolute atomic E-state index is 0.0311. The van der Waals surface area contributed by atoms with Crippen LogP contribution in [-0.2, 0) is 25.5 Å². The second kappa shape index (κ2) is 10.4. The smallest absolute Gasteiger partial charge is 0.306 e. The zero-order valence-corrected chi connectivity index (χ0v) is 16.9. The van der Waals surface area contributed by atoms with Gasteiger partial charge >= 0.3 is 5.97 Å². The summed E-state index contributed by atoms with van der Waals surface area (Å²) >= 11 is 0. The number of hydrogen-bond donors (Lipinski definition) is 1. The number of carbonyl (C=O) groups is 3. The van der Waals surface area contributed by atoms with Crippen molar-refractivity contribution in [3.8, 4) is 0 Å². The Balaban J connectivity index is 1.81. The van der Waals surface area contributed by atoms with E-state index in [-0.39, 0.29) is 30.9 Å². The van der Waals surface area contributed by atoms with Crippen LogP contribution in [-0.4, -0.2) is 70.8 Å². The lowest BCUT2D eigenvalue weighted by Crippen LogP contribution is -2.42. The third kappa shape index (κ3) is 6.13. The quantitative estimate of drug-likeness (QED) is 0.619. The third-order valence-electron chi connectivity index (χ3n) is 4.50. The molecular weight excluding hydrogens is 376 g/mol. The number of benzene rings is 1. The predicted octanol–water partition coefficient (Wildman–Crippen LogP) is 0.726. The molecule has 29 heavy (non-hydrogen) atoms. The van der Waals surface area contributed by atoms with Gasteiger partial charge in [-0.05, 0) is 26.0 Å². The van der Waals surface area contributed by atoms with Crippen molar-refractivity contribution in [2.24, 2.45) is 0 Å². The molecule has 2 amide bonds. The summed E-state index contributed by atoms with van der Waals surface area (Å²) in [5, 5.41) is 0.478. The van der Waals surface area contributed by atoms with Gasteiger partial charge in [0, 0.05) is 26.6 Å². The van der Waals surface area contributed by atoms with Gasteiger partial charge in [-0.25, -0.2) is 4.98 Å². The molecule has 156 valence electrons. The van der Waals surface area contributed by atoms with E-state index in [1.54, 1.807) is 29.2 Å². The van der Waals surface area contributed by atoms with E-state index in [0.29, 0.717) is 29.8 Å². The maximum atomic E-state index is 12.1. The highest BCUT2D eigenvalue weighted by Gasteiger charge is 2.18. The average Bonchev–Trinajstić information content (AvgIpc) is 2.71. The van der Waals surface area contributed by atoms with Gasteiger partial charge in [-0.3, -0.25) is 19.2 Å². The topological polar surface area (TPSA) is 113 Å². The van der Waals surface area contributed by atoms with Gasteiger partial charge in [-0.2, -0.15) is 0 Å². The lowest BCUT2D eigenvalue weighted by Gasteiger charge is -2.23. The molecule has 0 aliphatic carbocycles. The van der Waals surface area contributed by atoms with Crippen LogP contribution >= 0.6 is 0 Å². The Morgan fingerprint density at radius 3 is 2.48 bits per heavy atom. The van der Waals surface area contributed by atoms with Crippen LogP contribution in [0.25, 0.3) is 10.9 Å². The summed E-state index contributed by atoms with van der Waals surface area (Å²) in [7, 11) is 1.49. The van der Waals surface area contributed by atoms with Gasteiger partial charge in [-0.15, -0.1) is 0 Å². The van der Waals surface area contributed by atoms with Gasteiger partial charge in [0.1, 0.15) is 5.82 Å². The first kappa shape index (κ1) is 22.1. The molecule has 0 aliphatic rings. The van der Waals surface area contributed by atoms with E-state index >= 15 is 0 Å². The molecule has 1 N–H and O–H groups in total. The van der Waals surface area contributed by atoms with Crippen molar-refractivity contribution in [2.75, 3.05) is 33.3 Å². The lowest BCUT2D eigenvalue weighted by molar-refractivity contribution is -0.152. The molecule has 0 unspecified atom stereocenters. The monoisotopic (exact) mass is 402 g/mol. The van der Waals surface area contributed by atoms with Crippen molar-refractivity contribution in [2.45, 2.75) is 26.7 Å². The van der Waals surface area contributed by atoms with E-state index < -0.39 is 18.5 Å². The number of rotatable bonds is 9. The summed E-state index contributed by atoms with van der Waals surface area (Å²) in [5.74, 6) is -0.837. The molecule has 2 aromatic rings. The summed E-state index contributed by atoms with van der Waals surface area (Å²) in [5.41, 5.74) is 0.280. The van der Waals surface area contributed by atoms with Crippen molar-refractivity contribution in [1.82, 2.24) is 19.8 Å². The number of hydrogen-bond acceptors (Lipinski definition) is 6. The molecule has 9 heteroatoms. The number of aryl methyl sites for hydroxylation is 1. The number of nitrogens with one attached hydrogen (secondary N) is 1. The molecule has 1 aromatic heterocycles. The number of H-pyrrole nitrogens is 1. The lowest BCUT2D eigenvalue weighted by atomic mass is 10.2. The van der Waals surface area contributed by atoms with E-state index in [1.165, 1.54) is 11.9 Å². The van der Waals surface area contributed by atoms with Crippen molar-refractivity contribution < 1.29 is 19.1 Å². The first-order valence-electron chi connectivity index (χ1n) is 9.51. The number of para-hydroxylation sites is 1. The second-order valence-corrected chi connectivity index (χ2v) is 6.51. The van der Waals surface area contributed by atoms with Crippen LogP contribution in [0.2, 0.25) is 0 Å². The molecule has 2 rings (SSSR count). The van der Waals surface area contributed by atoms with Crippen LogP contribution in [0.5, 0.6) is 0 Å². The Bertz CT molecular complexity index is 936. The Hall–Kier alpha value is -3.23. The highest BCUT2D eigenvalue weighted by molar-refractivity contribution is 5.86. The summed E-state index contributed by atoms with van der Waals surface area (Å²) in [4.78, 5) is 57.8. The van der Waals surface area contributed by atoms with Gasteiger partial charge in [0.2, 0.25) is 5.91 Å². The maximum Gasteiger partial charge on any atom is 0.306 e. The highest BCUT2D eigenvalue weighted by Crippen LogP contribution is 2.07. The van der Waals surface area contributed by atoms with Crippen LogP contribution < -0.4 is 5.56 Å². The molecule has 0 radical (unpaired) electrons. The van der Waals surface area contributed by atoms with E-state index in [1.807, 2.05) is 13.8 Å². The number of fused-ring (bicyclic) bond motifs is 1. The Labute approximate surface area is 168 Å². The summed E-state index contributed by atoms with van der Waals surface area (Å²) in [6, 6.07) is 6.92. The van der Waals surface area contributed by atoms with Gasteiger partial charge in [-0.1, -0.05) is 12.1 Å². The number of esters is 1. The fraction of sp³-hybridized carbons (Fsp3) is 0.450. The standard InChI is InChI=1S/C20H26N4O5/c1-4-24(5-2)17(25)12-23(3)18(26)13-29-19(27)11-10-16-21-15-9-7-6-8-14(15)20(28)22-16/h6-9H,4-5,10-13H2,1-3H3,(H,21,22,28). The number of carbonyl (C=O) groups excluding carboxylic acids is 3. The number of nitrogens with zero attached hydrogens (tertiary/aromatic N) is 3. The van der Waals surface area contributed by atoms with Crippen molar-refractivity contribution in [1.29, 1.82) is 0 Å². The molecule has 0 atom stereocenters. The van der Waals surface area contributed by atoms with Crippen molar-refractivity contribution in [3.63, 3.8) is 0 Å². The van der Waals surface area contributed by atoms with Crippen LogP contribution in [0, 0.1) is 0 Å². The van der Waals surface area contributed by atoms with Crippen LogP contribution in [0.4, 0.5) is 0 Å². The number of likely N-dealkylation sites (N-methyl/N-ethyl adjacent to an activating group) is 2. The SMILES string of the molecule is CCN(CC)C(=O)CN(C)C(=O)COC(=O)CCc1nc2ccccc2c(=O)[nH]1. The summed E-state index contributed by atoms with van der Waals surface area (Å²) in [6.45, 7) is 4.35. The largest absolute Gasteiger partial charge is 0.456 e. The normalized spacial score (nSPS) is 10.6. The minimum atomic E-state index is -0.586. The van der Waals surface area contributed by atoms with E-state index in [4.69, 9.17) is 4.74 Å². The number of amides is 2. The number of aromatic amines is 1. The molecule has 0 spiro atoms. The Kier molecular flexibility index (Phi) is 7.88. The Morgan fingerprint density at radius 2 is 1.79 bits per heavy atom. The molecule has 0 saturated heterocycles. The van der Waals surface area contributed by atoms with E-state index in [2.05, 4.69) is 9.97 Å². The molecule has 1 aromatic carbocycles. The zero-order chi connectivity index (χ0) is 21.4. The number of aromatic nitrogens is 2. The maximum absolute atomic E-state index is 12.1. The predicted molar refractivity (Wildman–Crippen MR) is 107 cm³/mol. The van der Waals surface area contributed by atoms with Crippen LogP contribution in [0.3, 0.4) is 0 Å². The van der Waals surface area contributed by atoms with Crippen molar-refractivity contribution in [3.05, 3.63) is 40.4 Å². The molecule has 9 nitrogen and oxygen atoms in total. The molecule has 0 bridgehead atoms. The van der Waals surface area contributed by atoms with E-state index in [9.17, 15) is 19.2 Å². The summed E-state index contributed by atoms with van der Waals surface area (Å²) < 4.78 is 4.98. The minimum Gasteiger partial charge on any atom is -0.456 e. The van der Waals surface area contributed by atoms with Gasteiger partial charge in [0.25, 0.3) is 11.5 Å². The van der Waals surface area contributed by atoms with Gasteiger partial charge in [0.15, 0.2) is 6.61 Å². The molecule has 1 heterocycles. The van der Waals surface area contributed by atoms with Crippen LogP contribution in [0.1, 0.15) is 26.1 Å². The molecule has 0 aliphatic heterocycles. The summed E-state index contributed by atoms with van der Waals surface area (Å²) in [6.07, 6.45) is 0.153. The first-order valence-corrected chi connectivity index (χ1v) is 9.51. The first-order chi connectivity index (χ1) is 13.8. The van der Waals surface area contributed by atoms with Gasteiger partial charge < -0.3 is 19.5 Å². The zero-order valence-electron chi connectivity index (χ0n) is 16.9. The number of ether oxygens (including phenoxy) is 1. The highest BCUT2D eigenvalue weighted by atomic mass is 16.5. The van der Waals surface area contributed by atoms with Crippen LogP contribution in [0.15, 0.2) is 29.1 Å². The molecule has 0 saturated carbocycles. The average molecular weight is 402 g/mol. The fourth-order valence-corrected chi connectivity index (χ4v) is 2.77. The Morgan fingerprint density at radius 1 is 1.10 bits per heavy atom. The second-order valence-electron chi connectivity index (χ2n) is 6.51. The van der Waals surface area contributed by atoms with Gasteiger partial charge in [0.05, 0.1) is 23.9 Å². The van der Waals surface area contributed by atoms with Crippen molar-refractivity contribution >= 4 is 28.7 Å². The molecule has 0 fully saturated rings. The fourth-order valence-electron chi connectivity index (χ4n) is 2.77. The third-order valence-corrected chi connectivity index (χ3v) is 4.50. The van der Waals surface area contributed by atoms with E-state index in [0.717, 1.165) is 0 Å². The molecular formula is C20H26N4O5.